The molecule has 0 spiro atoms. The van der Waals surface area contributed by atoms with Crippen molar-refractivity contribution < 1.29 is 9.59 Å². The van der Waals surface area contributed by atoms with E-state index in [1.165, 1.54) is 0 Å². The Morgan fingerprint density at radius 2 is 1.96 bits per heavy atom. The molecule has 4 rings (SSSR count). The summed E-state index contributed by atoms with van der Waals surface area (Å²) in [7, 11) is 0. The van der Waals surface area contributed by atoms with Gasteiger partial charge in [0, 0.05) is 29.7 Å². The van der Waals surface area contributed by atoms with E-state index in [0.29, 0.717) is 28.6 Å². The zero-order valence-corrected chi connectivity index (χ0v) is 15.5. The number of hydrogen-bond acceptors (Lipinski definition) is 4. The lowest BCUT2D eigenvalue weighted by Crippen LogP contribution is -2.24. The Balaban J connectivity index is 1.52. The fourth-order valence-electron chi connectivity index (χ4n) is 3.60. The van der Waals surface area contributed by atoms with Crippen LogP contribution >= 0.6 is 0 Å². The molecule has 0 radical (unpaired) electrons. The van der Waals surface area contributed by atoms with Gasteiger partial charge in [0.05, 0.1) is 17.5 Å². The topological polar surface area (TPSA) is 95.2 Å². The van der Waals surface area contributed by atoms with Gasteiger partial charge in [-0.1, -0.05) is 18.2 Å². The number of hydrogen-bond donors (Lipinski definition) is 2. The third-order valence-electron chi connectivity index (χ3n) is 4.95. The second-order valence-electron chi connectivity index (χ2n) is 6.92. The highest BCUT2D eigenvalue weighted by atomic mass is 16.2. The van der Waals surface area contributed by atoms with Gasteiger partial charge in [-0.05, 0) is 43.2 Å². The van der Waals surface area contributed by atoms with Gasteiger partial charge < -0.3 is 10.2 Å². The number of benzene rings is 2. The first kappa shape index (κ1) is 17.9. The van der Waals surface area contributed by atoms with Crippen molar-refractivity contribution in [2.45, 2.75) is 26.2 Å². The van der Waals surface area contributed by atoms with E-state index >= 15 is 0 Å². The number of fused-ring (bicyclic) bond motifs is 1. The van der Waals surface area contributed by atoms with Gasteiger partial charge >= 0.3 is 0 Å². The van der Waals surface area contributed by atoms with Gasteiger partial charge in [-0.15, -0.1) is 0 Å². The maximum atomic E-state index is 12.5. The first-order valence-corrected chi connectivity index (χ1v) is 9.20. The first-order chi connectivity index (χ1) is 13.5. The summed E-state index contributed by atoms with van der Waals surface area (Å²) in [5.74, 6) is -0.0926. The predicted molar refractivity (Wildman–Crippen MR) is 107 cm³/mol. The Morgan fingerprint density at radius 1 is 1.18 bits per heavy atom. The van der Waals surface area contributed by atoms with Gasteiger partial charge in [-0.25, -0.2) is 5.10 Å². The molecule has 3 aromatic rings. The number of aromatic amines is 1. The SMILES string of the molecule is Cc1cc(NC(=O)Cc2n[nH]c(=O)c3ccccc23)ccc1N1CCCC1=O. The van der Waals surface area contributed by atoms with Gasteiger partial charge in [-0.2, -0.15) is 5.10 Å². The van der Waals surface area contributed by atoms with E-state index in [2.05, 4.69) is 15.5 Å². The number of rotatable bonds is 4. The minimum Gasteiger partial charge on any atom is -0.326 e. The number of carbonyl (C=O) groups is 2. The van der Waals surface area contributed by atoms with Crippen LogP contribution in [0.3, 0.4) is 0 Å². The van der Waals surface area contributed by atoms with Crippen LogP contribution in [0, 0.1) is 6.92 Å². The molecule has 1 aromatic heterocycles. The summed E-state index contributed by atoms with van der Waals surface area (Å²) in [6, 6.07) is 12.6. The van der Waals surface area contributed by atoms with Crippen LogP contribution in [0.15, 0.2) is 47.3 Å². The van der Waals surface area contributed by atoms with E-state index in [-0.39, 0.29) is 23.8 Å². The quantitative estimate of drug-likeness (QED) is 0.731. The summed E-state index contributed by atoms with van der Waals surface area (Å²) in [5.41, 5.74) is 2.72. The van der Waals surface area contributed by atoms with E-state index < -0.39 is 0 Å². The number of amides is 2. The summed E-state index contributed by atoms with van der Waals surface area (Å²) in [4.78, 5) is 38.1. The summed E-state index contributed by atoms with van der Waals surface area (Å²) >= 11 is 0. The van der Waals surface area contributed by atoms with Crippen LogP contribution in [-0.4, -0.2) is 28.6 Å². The molecule has 0 aliphatic carbocycles. The standard InChI is InChI=1S/C21H20N4O3/c1-13-11-14(8-9-18(13)25-10-4-7-20(25)27)22-19(26)12-17-15-5-2-3-6-16(15)21(28)24-23-17/h2-3,5-6,8-9,11H,4,7,10,12H2,1H3,(H,22,26)(H,24,28). The van der Waals surface area contributed by atoms with Gasteiger partial charge in [0.25, 0.3) is 5.56 Å². The first-order valence-electron chi connectivity index (χ1n) is 9.20. The lowest BCUT2D eigenvalue weighted by atomic mass is 10.1. The Labute approximate surface area is 161 Å². The van der Waals surface area contributed by atoms with Gasteiger partial charge in [-0.3, -0.25) is 14.4 Å². The molecule has 142 valence electrons. The minimum absolute atomic E-state index is 0.0443. The van der Waals surface area contributed by atoms with Crippen LogP contribution in [0.1, 0.15) is 24.1 Å². The highest BCUT2D eigenvalue weighted by molar-refractivity contribution is 5.98. The molecule has 1 aliphatic rings. The van der Waals surface area contributed by atoms with Crippen molar-refractivity contribution in [3.8, 4) is 0 Å². The van der Waals surface area contributed by atoms with Crippen molar-refractivity contribution in [2.24, 2.45) is 0 Å². The number of H-pyrrole nitrogens is 1. The fraction of sp³-hybridized carbons (Fsp3) is 0.238. The van der Waals surface area contributed by atoms with Gasteiger partial charge in [0.1, 0.15) is 0 Å². The number of anilines is 2. The maximum absolute atomic E-state index is 12.5. The lowest BCUT2D eigenvalue weighted by molar-refractivity contribution is -0.117. The van der Waals surface area contributed by atoms with Crippen molar-refractivity contribution in [1.82, 2.24) is 10.2 Å². The average Bonchev–Trinajstić information content (AvgIpc) is 3.10. The Kier molecular flexibility index (Phi) is 4.65. The number of aryl methyl sites for hydroxylation is 1. The summed E-state index contributed by atoms with van der Waals surface area (Å²) in [5, 5.41) is 10.5. The third-order valence-corrected chi connectivity index (χ3v) is 4.95. The van der Waals surface area contributed by atoms with Crippen molar-refractivity contribution in [3.05, 3.63) is 64.1 Å². The molecule has 2 heterocycles. The summed E-state index contributed by atoms with van der Waals surface area (Å²) in [6.45, 7) is 2.66. The number of aromatic nitrogens is 2. The van der Waals surface area contributed by atoms with Gasteiger partial charge in [0.2, 0.25) is 11.8 Å². The van der Waals surface area contributed by atoms with Crippen LogP contribution in [0.25, 0.3) is 10.8 Å². The molecular formula is C21H20N4O3. The molecule has 0 saturated carbocycles. The lowest BCUT2D eigenvalue weighted by Gasteiger charge is -2.19. The zero-order valence-electron chi connectivity index (χ0n) is 15.5. The molecule has 1 fully saturated rings. The predicted octanol–water partition coefficient (Wildman–Crippen LogP) is 2.54. The van der Waals surface area contributed by atoms with Crippen LogP contribution in [0.4, 0.5) is 11.4 Å². The molecule has 2 aromatic carbocycles. The molecule has 2 N–H and O–H groups in total. The van der Waals surface area contributed by atoms with E-state index in [1.54, 1.807) is 29.2 Å². The molecule has 1 saturated heterocycles. The molecule has 0 atom stereocenters. The van der Waals surface area contributed by atoms with Crippen molar-refractivity contribution >= 4 is 34.0 Å². The monoisotopic (exact) mass is 376 g/mol. The van der Waals surface area contributed by atoms with E-state index in [1.807, 2.05) is 25.1 Å². The average molecular weight is 376 g/mol. The van der Waals surface area contributed by atoms with Crippen molar-refractivity contribution in [1.29, 1.82) is 0 Å². The molecule has 7 nitrogen and oxygen atoms in total. The molecule has 7 heteroatoms. The molecule has 28 heavy (non-hydrogen) atoms. The molecule has 0 unspecified atom stereocenters. The van der Waals surface area contributed by atoms with Crippen LogP contribution in [0.5, 0.6) is 0 Å². The highest BCUT2D eigenvalue weighted by Gasteiger charge is 2.23. The van der Waals surface area contributed by atoms with Crippen LogP contribution in [0.2, 0.25) is 0 Å². The molecule has 1 aliphatic heterocycles. The van der Waals surface area contributed by atoms with E-state index in [4.69, 9.17) is 0 Å². The van der Waals surface area contributed by atoms with Crippen LogP contribution in [-0.2, 0) is 16.0 Å². The van der Waals surface area contributed by atoms with Crippen molar-refractivity contribution in [3.63, 3.8) is 0 Å². The summed E-state index contributed by atoms with van der Waals surface area (Å²) < 4.78 is 0. The third kappa shape index (κ3) is 3.38. The largest absolute Gasteiger partial charge is 0.326 e. The summed E-state index contributed by atoms with van der Waals surface area (Å²) in [6.07, 6.45) is 1.50. The highest BCUT2D eigenvalue weighted by Crippen LogP contribution is 2.27. The molecule has 2 amide bonds. The van der Waals surface area contributed by atoms with Gasteiger partial charge in [0.15, 0.2) is 0 Å². The Hall–Kier alpha value is -3.48. The fourth-order valence-corrected chi connectivity index (χ4v) is 3.60. The van der Waals surface area contributed by atoms with Crippen molar-refractivity contribution in [2.75, 3.05) is 16.8 Å². The Bertz CT molecular complexity index is 1140. The number of nitrogens with one attached hydrogen (secondary N) is 2. The minimum atomic E-state index is -0.276. The zero-order chi connectivity index (χ0) is 19.7. The van der Waals surface area contributed by atoms with Crippen LogP contribution < -0.4 is 15.8 Å². The van der Waals surface area contributed by atoms with E-state index in [0.717, 1.165) is 24.2 Å². The smallest absolute Gasteiger partial charge is 0.272 e. The molecular weight excluding hydrogens is 356 g/mol. The number of carbonyl (C=O) groups excluding carboxylic acids is 2. The normalized spacial score (nSPS) is 13.9. The number of nitrogens with zero attached hydrogens (tertiary/aromatic N) is 2. The molecule has 0 bridgehead atoms. The maximum Gasteiger partial charge on any atom is 0.272 e. The van der Waals surface area contributed by atoms with E-state index in [9.17, 15) is 14.4 Å². The second-order valence-corrected chi connectivity index (χ2v) is 6.92. The Morgan fingerprint density at radius 3 is 2.68 bits per heavy atom. The second kappa shape index (κ2) is 7.26.